The van der Waals surface area contributed by atoms with E-state index in [2.05, 4.69) is 19.2 Å². The van der Waals surface area contributed by atoms with E-state index in [9.17, 15) is 4.79 Å². The van der Waals surface area contributed by atoms with Crippen molar-refractivity contribution < 1.29 is 4.79 Å². The smallest absolute Gasteiger partial charge is 0.236 e. The van der Waals surface area contributed by atoms with Gasteiger partial charge in [-0.15, -0.1) is 12.4 Å². The molecular formula is C13H29ClN2O. The molecule has 0 aliphatic rings. The Kier molecular flexibility index (Phi) is 15.5. The molecule has 0 atom stereocenters. The van der Waals surface area contributed by atoms with Crippen LogP contribution in [0.15, 0.2) is 0 Å². The Morgan fingerprint density at radius 1 is 1.00 bits per heavy atom. The third-order valence-corrected chi connectivity index (χ3v) is 2.74. The largest absolute Gasteiger partial charge is 0.342 e. The molecule has 0 aromatic rings. The highest BCUT2D eigenvalue weighted by Gasteiger charge is 2.10. The monoisotopic (exact) mass is 264 g/mol. The van der Waals surface area contributed by atoms with Gasteiger partial charge in [0.2, 0.25) is 5.91 Å². The minimum absolute atomic E-state index is 0. The van der Waals surface area contributed by atoms with E-state index in [-0.39, 0.29) is 18.3 Å². The first-order chi connectivity index (χ1) is 7.76. The third-order valence-electron chi connectivity index (χ3n) is 2.74. The van der Waals surface area contributed by atoms with E-state index in [1.807, 2.05) is 11.9 Å². The van der Waals surface area contributed by atoms with Crippen LogP contribution in [0.4, 0.5) is 0 Å². The van der Waals surface area contributed by atoms with Gasteiger partial charge in [0.25, 0.3) is 0 Å². The Morgan fingerprint density at radius 3 is 1.82 bits per heavy atom. The summed E-state index contributed by atoms with van der Waals surface area (Å²) in [6.45, 7) is 6.71. The zero-order valence-corrected chi connectivity index (χ0v) is 12.4. The Hall–Kier alpha value is -0.280. The molecule has 0 unspecified atom stereocenters. The van der Waals surface area contributed by atoms with Crippen LogP contribution in [0, 0.1) is 0 Å². The van der Waals surface area contributed by atoms with Gasteiger partial charge in [0, 0.05) is 13.1 Å². The maximum Gasteiger partial charge on any atom is 0.236 e. The van der Waals surface area contributed by atoms with E-state index in [4.69, 9.17) is 0 Å². The van der Waals surface area contributed by atoms with Gasteiger partial charge < -0.3 is 10.2 Å². The van der Waals surface area contributed by atoms with Gasteiger partial charge in [-0.3, -0.25) is 4.79 Å². The van der Waals surface area contributed by atoms with Gasteiger partial charge in [0.15, 0.2) is 0 Å². The molecule has 104 valence electrons. The predicted octanol–water partition coefficient (Wildman–Crippen LogP) is 2.84. The molecule has 0 aliphatic carbocycles. The van der Waals surface area contributed by atoms with Gasteiger partial charge in [-0.25, -0.2) is 0 Å². The van der Waals surface area contributed by atoms with Crippen LogP contribution in [0.25, 0.3) is 0 Å². The summed E-state index contributed by atoms with van der Waals surface area (Å²) in [5, 5.41) is 2.94. The summed E-state index contributed by atoms with van der Waals surface area (Å²) in [6, 6.07) is 0. The van der Waals surface area contributed by atoms with Crippen molar-refractivity contribution in [2.45, 2.75) is 52.4 Å². The molecule has 0 aliphatic heterocycles. The Morgan fingerprint density at radius 2 is 1.47 bits per heavy atom. The van der Waals surface area contributed by atoms with Crippen LogP contribution >= 0.6 is 12.4 Å². The number of halogens is 1. The lowest BCUT2D eigenvalue weighted by Crippen LogP contribution is -2.38. The summed E-state index contributed by atoms with van der Waals surface area (Å²) in [5.74, 6) is 0.245. The summed E-state index contributed by atoms with van der Waals surface area (Å²) in [4.78, 5) is 13.8. The van der Waals surface area contributed by atoms with Crippen LogP contribution < -0.4 is 5.32 Å². The summed E-state index contributed by atoms with van der Waals surface area (Å²) in [5.41, 5.74) is 0. The highest BCUT2D eigenvalue weighted by molar-refractivity contribution is 5.85. The number of amides is 1. The molecule has 0 bridgehead atoms. The maximum absolute atomic E-state index is 11.8. The van der Waals surface area contributed by atoms with Crippen molar-refractivity contribution in [1.29, 1.82) is 0 Å². The SMILES string of the molecule is CCCCCN(CCCCC)C(=O)CNC.Cl. The average Bonchev–Trinajstić information content (AvgIpc) is 2.28. The number of carbonyl (C=O) groups is 1. The van der Waals surface area contributed by atoms with E-state index < -0.39 is 0 Å². The van der Waals surface area contributed by atoms with Crippen LogP contribution in [-0.4, -0.2) is 37.5 Å². The highest BCUT2D eigenvalue weighted by atomic mass is 35.5. The first-order valence-corrected chi connectivity index (χ1v) is 6.68. The molecule has 0 fully saturated rings. The van der Waals surface area contributed by atoms with Crippen LogP contribution in [0.2, 0.25) is 0 Å². The summed E-state index contributed by atoms with van der Waals surface area (Å²) in [7, 11) is 1.83. The molecule has 0 radical (unpaired) electrons. The van der Waals surface area contributed by atoms with Crippen LogP contribution in [0.1, 0.15) is 52.4 Å². The summed E-state index contributed by atoms with van der Waals surface area (Å²) in [6.07, 6.45) is 7.14. The second kappa shape index (κ2) is 13.8. The number of hydrogen-bond donors (Lipinski definition) is 1. The van der Waals surface area contributed by atoms with Gasteiger partial charge in [0.05, 0.1) is 6.54 Å². The van der Waals surface area contributed by atoms with E-state index in [0.29, 0.717) is 6.54 Å². The fourth-order valence-corrected chi connectivity index (χ4v) is 1.73. The first-order valence-electron chi connectivity index (χ1n) is 6.68. The Balaban J connectivity index is 0. The summed E-state index contributed by atoms with van der Waals surface area (Å²) >= 11 is 0. The molecule has 0 aromatic heterocycles. The number of nitrogens with zero attached hydrogens (tertiary/aromatic N) is 1. The molecular weight excluding hydrogens is 236 g/mol. The minimum atomic E-state index is 0. The van der Waals surface area contributed by atoms with Crippen molar-refractivity contribution in [3.05, 3.63) is 0 Å². The molecule has 1 N–H and O–H groups in total. The molecule has 17 heavy (non-hydrogen) atoms. The third kappa shape index (κ3) is 10.6. The molecule has 0 saturated heterocycles. The standard InChI is InChI=1S/C13H28N2O.ClH/c1-4-6-8-10-15(11-9-7-5-2)13(16)12-14-3;/h14H,4-12H2,1-3H3;1H. The number of carbonyl (C=O) groups excluding carboxylic acids is 1. The molecule has 0 heterocycles. The van der Waals surface area contributed by atoms with Crippen molar-refractivity contribution >= 4 is 18.3 Å². The Bertz CT molecular complexity index is 167. The molecule has 1 amide bonds. The Labute approximate surface area is 113 Å². The van der Waals surface area contributed by atoms with Crippen LogP contribution in [0.3, 0.4) is 0 Å². The lowest BCUT2D eigenvalue weighted by Gasteiger charge is -2.22. The van der Waals surface area contributed by atoms with Crippen molar-refractivity contribution in [2.24, 2.45) is 0 Å². The van der Waals surface area contributed by atoms with Gasteiger partial charge >= 0.3 is 0 Å². The number of rotatable bonds is 10. The van der Waals surface area contributed by atoms with Gasteiger partial charge in [-0.2, -0.15) is 0 Å². The zero-order chi connectivity index (χ0) is 12.2. The normalized spacial score (nSPS) is 9.82. The second-order valence-corrected chi connectivity index (χ2v) is 4.33. The van der Waals surface area contributed by atoms with Crippen LogP contribution in [0.5, 0.6) is 0 Å². The second-order valence-electron chi connectivity index (χ2n) is 4.33. The van der Waals surface area contributed by atoms with E-state index >= 15 is 0 Å². The first kappa shape index (κ1) is 19.1. The number of nitrogens with one attached hydrogen (secondary N) is 1. The van der Waals surface area contributed by atoms with Crippen molar-refractivity contribution in [3.63, 3.8) is 0 Å². The van der Waals surface area contributed by atoms with E-state index in [1.165, 1.54) is 25.7 Å². The predicted molar refractivity (Wildman–Crippen MR) is 76.8 cm³/mol. The lowest BCUT2D eigenvalue weighted by atomic mass is 10.2. The number of unbranched alkanes of at least 4 members (excludes halogenated alkanes) is 4. The quantitative estimate of drug-likeness (QED) is 0.616. The van der Waals surface area contributed by atoms with Crippen LogP contribution in [-0.2, 0) is 4.79 Å². The molecule has 0 saturated carbocycles. The molecule has 0 aromatic carbocycles. The van der Waals surface area contributed by atoms with Gasteiger partial charge in [-0.05, 0) is 19.9 Å². The lowest BCUT2D eigenvalue weighted by molar-refractivity contribution is -0.130. The summed E-state index contributed by atoms with van der Waals surface area (Å²) < 4.78 is 0. The molecule has 3 nitrogen and oxygen atoms in total. The molecule has 4 heteroatoms. The number of hydrogen-bond acceptors (Lipinski definition) is 2. The van der Waals surface area contributed by atoms with Crippen molar-refractivity contribution in [1.82, 2.24) is 10.2 Å². The minimum Gasteiger partial charge on any atom is -0.342 e. The average molecular weight is 265 g/mol. The number of likely N-dealkylation sites (N-methyl/N-ethyl adjacent to an activating group) is 1. The maximum atomic E-state index is 11.8. The van der Waals surface area contributed by atoms with E-state index in [0.717, 1.165) is 25.9 Å². The van der Waals surface area contributed by atoms with Crippen molar-refractivity contribution in [3.8, 4) is 0 Å². The van der Waals surface area contributed by atoms with Gasteiger partial charge in [0.1, 0.15) is 0 Å². The highest BCUT2D eigenvalue weighted by Crippen LogP contribution is 2.03. The fraction of sp³-hybridized carbons (Fsp3) is 0.923. The topological polar surface area (TPSA) is 32.3 Å². The fourth-order valence-electron chi connectivity index (χ4n) is 1.73. The van der Waals surface area contributed by atoms with E-state index in [1.54, 1.807) is 0 Å². The molecule has 0 spiro atoms. The molecule has 0 rings (SSSR count). The zero-order valence-electron chi connectivity index (χ0n) is 11.6. The van der Waals surface area contributed by atoms with Crippen molar-refractivity contribution in [2.75, 3.05) is 26.7 Å². The van der Waals surface area contributed by atoms with Gasteiger partial charge in [-0.1, -0.05) is 39.5 Å².